The Morgan fingerprint density at radius 1 is 0.750 bits per heavy atom. The van der Waals surface area contributed by atoms with Gasteiger partial charge in [-0.3, -0.25) is 0 Å². The Bertz CT molecular complexity index is 893. The van der Waals surface area contributed by atoms with E-state index >= 15 is 0 Å². The van der Waals surface area contributed by atoms with Crippen molar-refractivity contribution in [2.75, 3.05) is 14.2 Å². The molecule has 0 unspecified atom stereocenters. The molecule has 0 fully saturated rings. The van der Waals surface area contributed by atoms with Gasteiger partial charge in [0.1, 0.15) is 0 Å². The van der Waals surface area contributed by atoms with Gasteiger partial charge in [0.25, 0.3) is 0 Å². The molecule has 0 saturated carbocycles. The zero-order valence-corrected chi connectivity index (χ0v) is 15.0. The van der Waals surface area contributed by atoms with E-state index in [4.69, 9.17) is 9.47 Å². The van der Waals surface area contributed by atoms with Gasteiger partial charge >= 0.3 is 11.9 Å². The quantitative estimate of drug-likeness (QED) is 0.422. The fourth-order valence-electron chi connectivity index (χ4n) is 2.41. The predicted molar refractivity (Wildman–Crippen MR) is 101 cm³/mol. The van der Waals surface area contributed by atoms with Crippen LogP contribution in [0.25, 0.3) is 12.2 Å². The first-order valence-electron chi connectivity index (χ1n) is 7.91. The summed E-state index contributed by atoms with van der Waals surface area (Å²) in [6.07, 6.45) is 2.31. The third-order valence-electron chi connectivity index (χ3n) is 3.78. The molecule has 0 aliphatic carbocycles. The highest BCUT2D eigenvalue weighted by molar-refractivity contribution is 6.11. The van der Waals surface area contributed by atoms with Crippen molar-refractivity contribution in [2.45, 2.75) is 0 Å². The van der Waals surface area contributed by atoms with Gasteiger partial charge in [0.2, 0.25) is 0 Å². The lowest BCUT2D eigenvalue weighted by atomic mass is 10.00. The molecule has 0 spiro atoms. The first kappa shape index (κ1) is 20.4. The maximum atomic E-state index is 11.7. The van der Waals surface area contributed by atoms with Crippen molar-refractivity contribution in [1.29, 1.82) is 0 Å². The van der Waals surface area contributed by atoms with Gasteiger partial charge in [-0.2, -0.15) is 0 Å². The molecule has 4 N–H and O–H groups in total. The fraction of sp³-hybridized carbons (Fsp3) is 0.100. The Morgan fingerprint density at radius 2 is 1.11 bits per heavy atom. The second-order valence-corrected chi connectivity index (χ2v) is 5.59. The molecule has 0 aliphatic rings. The van der Waals surface area contributed by atoms with Crippen LogP contribution in [0.5, 0.6) is 23.0 Å². The Hall–Kier alpha value is -3.94. The SMILES string of the molecule is COc1cc(/C=C(C(=O)O)\C(=C/c2ccc(O)c(OC)c2)C(=O)O)ccc1O. The largest absolute Gasteiger partial charge is 0.504 e. The van der Waals surface area contributed by atoms with E-state index in [0.717, 1.165) is 12.2 Å². The van der Waals surface area contributed by atoms with Gasteiger partial charge in [-0.1, -0.05) is 12.1 Å². The summed E-state index contributed by atoms with van der Waals surface area (Å²) in [5.41, 5.74) is -0.315. The molecule has 0 amide bonds. The number of carboxylic acid groups (broad SMARTS) is 2. The molecule has 0 heterocycles. The number of hydrogen-bond acceptors (Lipinski definition) is 6. The maximum Gasteiger partial charge on any atom is 0.336 e. The number of aliphatic carboxylic acids is 2. The number of methoxy groups -OCH3 is 2. The first-order chi connectivity index (χ1) is 13.3. The summed E-state index contributed by atoms with van der Waals surface area (Å²) in [5, 5.41) is 38.4. The molecular weight excluding hydrogens is 368 g/mol. The van der Waals surface area contributed by atoms with E-state index in [1.807, 2.05) is 0 Å². The number of rotatable bonds is 7. The van der Waals surface area contributed by atoms with Crippen LogP contribution < -0.4 is 9.47 Å². The molecule has 0 bridgehead atoms. The van der Waals surface area contributed by atoms with Gasteiger partial charge in [-0.25, -0.2) is 9.59 Å². The standard InChI is InChI=1S/C20H18O8/c1-27-17-9-11(3-5-15(17)21)7-13(19(23)24)14(20(25)26)8-12-4-6-16(22)18(10-12)28-2/h3-10,21-22H,1-2H3,(H,23,24)(H,25,26)/b13-7+,14-8+. The van der Waals surface area contributed by atoms with Crippen molar-refractivity contribution < 1.29 is 39.5 Å². The van der Waals surface area contributed by atoms with Crippen molar-refractivity contribution in [2.24, 2.45) is 0 Å². The Balaban J connectivity index is 2.60. The summed E-state index contributed by atoms with van der Waals surface area (Å²) in [6, 6.07) is 8.20. The molecule has 0 aromatic heterocycles. The summed E-state index contributed by atoms with van der Waals surface area (Å²) in [7, 11) is 2.67. The van der Waals surface area contributed by atoms with Gasteiger partial charge in [0.05, 0.1) is 25.4 Å². The molecule has 0 atom stereocenters. The monoisotopic (exact) mass is 386 g/mol. The minimum Gasteiger partial charge on any atom is -0.504 e. The molecule has 0 radical (unpaired) electrons. The molecule has 28 heavy (non-hydrogen) atoms. The molecule has 0 saturated heterocycles. The van der Waals surface area contributed by atoms with Crippen molar-refractivity contribution in [1.82, 2.24) is 0 Å². The molecule has 2 aromatic rings. The normalized spacial score (nSPS) is 11.8. The third-order valence-corrected chi connectivity index (χ3v) is 3.78. The highest BCUT2D eigenvalue weighted by atomic mass is 16.5. The van der Waals surface area contributed by atoms with Crippen LogP contribution in [0.2, 0.25) is 0 Å². The Kier molecular flexibility index (Phi) is 6.28. The number of aromatic hydroxyl groups is 2. The van der Waals surface area contributed by atoms with E-state index in [9.17, 15) is 30.0 Å². The van der Waals surface area contributed by atoms with Gasteiger partial charge in [-0.05, 0) is 47.5 Å². The number of ether oxygens (including phenoxy) is 2. The molecular formula is C20H18O8. The van der Waals surface area contributed by atoms with E-state index < -0.39 is 23.1 Å². The summed E-state index contributed by atoms with van der Waals surface area (Å²) < 4.78 is 9.95. The minimum atomic E-state index is -1.45. The number of phenolic OH excluding ortho intramolecular Hbond substituents is 2. The summed E-state index contributed by atoms with van der Waals surface area (Å²) in [4.78, 5) is 23.4. The molecule has 8 nitrogen and oxygen atoms in total. The highest BCUT2D eigenvalue weighted by Gasteiger charge is 2.20. The lowest BCUT2D eigenvalue weighted by Crippen LogP contribution is -2.11. The van der Waals surface area contributed by atoms with Gasteiger partial charge in [-0.15, -0.1) is 0 Å². The van der Waals surface area contributed by atoms with E-state index in [1.165, 1.54) is 50.6 Å². The number of carboxylic acids is 2. The van der Waals surface area contributed by atoms with E-state index in [0.29, 0.717) is 11.1 Å². The van der Waals surface area contributed by atoms with Crippen LogP contribution in [-0.2, 0) is 9.59 Å². The fourth-order valence-corrected chi connectivity index (χ4v) is 2.41. The number of benzene rings is 2. The average Bonchev–Trinajstić information content (AvgIpc) is 2.66. The van der Waals surface area contributed by atoms with Crippen molar-refractivity contribution in [3.63, 3.8) is 0 Å². The van der Waals surface area contributed by atoms with Crippen LogP contribution in [0.4, 0.5) is 0 Å². The van der Waals surface area contributed by atoms with Crippen molar-refractivity contribution >= 4 is 24.1 Å². The highest BCUT2D eigenvalue weighted by Crippen LogP contribution is 2.30. The summed E-state index contributed by atoms with van der Waals surface area (Å²) >= 11 is 0. The Morgan fingerprint density at radius 3 is 1.39 bits per heavy atom. The summed E-state index contributed by atoms with van der Waals surface area (Å²) in [6.45, 7) is 0. The second kappa shape index (κ2) is 8.63. The van der Waals surface area contributed by atoms with Crippen LogP contribution in [0.1, 0.15) is 11.1 Å². The predicted octanol–water partition coefficient (Wildman–Crippen LogP) is 2.75. The van der Waals surface area contributed by atoms with Crippen LogP contribution >= 0.6 is 0 Å². The van der Waals surface area contributed by atoms with Crippen molar-refractivity contribution in [3.8, 4) is 23.0 Å². The first-order valence-corrected chi connectivity index (χ1v) is 7.91. The minimum absolute atomic E-state index is 0.114. The number of hydrogen-bond donors (Lipinski definition) is 4. The van der Waals surface area contributed by atoms with Crippen LogP contribution in [0, 0.1) is 0 Å². The summed E-state index contributed by atoms with van der Waals surface area (Å²) in [5.74, 6) is -2.95. The zero-order valence-electron chi connectivity index (χ0n) is 15.0. The zero-order chi connectivity index (χ0) is 20.8. The van der Waals surface area contributed by atoms with Gasteiger partial charge < -0.3 is 29.9 Å². The van der Waals surface area contributed by atoms with Crippen LogP contribution in [0.3, 0.4) is 0 Å². The number of phenols is 2. The van der Waals surface area contributed by atoms with E-state index in [2.05, 4.69) is 0 Å². The maximum absolute atomic E-state index is 11.7. The van der Waals surface area contributed by atoms with E-state index in [-0.39, 0.29) is 23.0 Å². The molecule has 2 aromatic carbocycles. The second-order valence-electron chi connectivity index (χ2n) is 5.59. The number of carbonyl (C=O) groups is 2. The lowest BCUT2D eigenvalue weighted by Gasteiger charge is -2.08. The smallest absolute Gasteiger partial charge is 0.336 e. The van der Waals surface area contributed by atoms with Crippen LogP contribution in [-0.4, -0.2) is 46.6 Å². The molecule has 2 rings (SSSR count). The third kappa shape index (κ3) is 4.61. The van der Waals surface area contributed by atoms with Crippen LogP contribution in [0.15, 0.2) is 47.5 Å². The van der Waals surface area contributed by atoms with Crippen molar-refractivity contribution in [3.05, 3.63) is 58.7 Å². The van der Waals surface area contributed by atoms with Gasteiger partial charge in [0, 0.05) is 0 Å². The molecule has 0 aliphatic heterocycles. The van der Waals surface area contributed by atoms with E-state index in [1.54, 1.807) is 0 Å². The lowest BCUT2D eigenvalue weighted by molar-refractivity contribution is -0.136. The molecule has 8 heteroatoms. The molecule has 146 valence electrons. The van der Waals surface area contributed by atoms with Gasteiger partial charge in [0.15, 0.2) is 23.0 Å². The topological polar surface area (TPSA) is 134 Å². The Labute approximate surface area is 160 Å². The average molecular weight is 386 g/mol.